The molecule has 4 nitrogen and oxygen atoms in total. The van der Waals surface area contributed by atoms with Crippen molar-refractivity contribution in [3.63, 3.8) is 0 Å². The van der Waals surface area contributed by atoms with Gasteiger partial charge in [-0.1, -0.05) is 30.3 Å². The molecule has 0 aromatic heterocycles. The standard InChI is InChI=1S/C14H19NO3/c16-10-8-13-7-4-9-15(13)14(17)18-11-12-5-2-1-3-6-12/h1-3,5-6,13,16H,4,7-11H2/t13-/m1/s1. The van der Waals surface area contributed by atoms with Crippen LogP contribution in [0.1, 0.15) is 24.8 Å². The summed E-state index contributed by atoms with van der Waals surface area (Å²) in [7, 11) is 0. The number of ether oxygens (including phenoxy) is 1. The normalized spacial score (nSPS) is 18.9. The summed E-state index contributed by atoms with van der Waals surface area (Å²) in [5.74, 6) is 0. The van der Waals surface area contributed by atoms with Gasteiger partial charge < -0.3 is 14.7 Å². The summed E-state index contributed by atoms with van der Waals surface area (Å²) in [5.41, 5.74) is 0.990. The topological polar surface area (TPSA) is 49.8 Å². The van der Waals surface area contributed by atoms with Crippen LogP contribution in [0.3, 0.4) is 0 Å². The summed E-state index contributed by atoms with van der Waals surface area (Å²) in [5, 5.41) is 8.96. The molecule has 1 saturated heterocycles. The third-order valence-corrected chi connectivity index (χ3v) is 3.28. The van der Waals surface area contributed by atoms with Crippen LogP contribution in [-0.2, 0) is 11.3 Å². The first-order chi connectivity index (χ1) is 8.81. The molecule has 1 aromatic rings. The second-order valence-electron chi connectivity index (χ2n) is 4.54. The Hall–Kier alpha value is -1.55. The average molecular weight is 249 g/mol. The van der Waals surface area contributed by atoms with Crippen molar-refractivity contribution in [3.05, 3.63) is 35.9 Å². The Bertz CT molecular complexity index is 380. The molecule has 1 heterocycles. The minimum absolute atomic E-state index is 0.118. The molecule has 4 heteroatoms. The molecule has 0 unspecified atom stereocenters. The molecule has 1 fully saturated rings. The van der Waals surface area contributed by atoms with Crippen molar-refractivity contribution in [3.8, 4) is 0 Å². The van der Waals surface area contributed by atoms with Gasteiger partial charge in [-0.25, -0.2) is 4.79 Å². The van der Waals surface area contributed by atoms with Crippen LogP contribution in [0.15, 0.2) is 30.3 Å². The largest absolute Gasteiger partial charge is 0.445 e. The maximum atomic E-state index is 11.9. The lowest BCUT2D eigenvalue weighted by atomic mass is 10.1. The molecule has 98 valence electrons. The van der Waals surface area contributed by atoms with Crippen molar-refractivity contribution in [2.45, 2.75) is 31.9 Å². The number of rotatable bonds is 4. The number of likely N-dealkylation sites (tertiary alicyclic amines) is 1. The summed E-state index contributed by atoms with van der Waals surface area (Å²) in [6.07, 6.45) is 2.32. The smallest absolute Gasteiger partial charge is 0.410 e. The quantitative estimate of drug-likeness (QED) is 0.889. The molecule has 0 spiro atoms. The molecule has 0 saturated carbocycles. The molecule has 1 aliphatic rings. The van der Waals surface area contributed by atoms with Crippen LogP contribution in [0.5, 0.6) is 0 Å². The molecular formula is C14H19NO3. The number of amides is 1. The van der Waals surface area contributed by atoms with E-state index >= 15 is 0 Å². The van der Waals surface area contributed by atoms with E-state index in [1.54, 1.807) is 4.90 Å². The summed E-state index contributed by atoms with van der Waals surface area (Å²) in [6, 6.07) is 9.79. The first-order valence-electron chi connectivity index (χ1n) is 6.39. The van der Waals surface area contributed by atoms with Gasteiger partial charge in [-0.2, -0.15) is 0 Å². The predicted octanol–water partition coefficient (Wildman–Crippen LogP) is 2.17. The first-order valence-corrected chi connectivity index (χ1v) is 6.39. The van der Waals surface area contributed by atoms with Gasteiger partial charge in [-0.05, 0) is 24.8 Å². The van der Waals surface area contributed by atoms with E-state index in [1.807, 2.05) is 30.3 Å². The van der Waals surface area contributed by atoms with E-state index in [4.69, 9.17) is 9.84 Å². The number of benzene rings is 1. The third kappa shape index (κ3) is 3.23. The van der Waals surface area contributed by atoms with E-state index < -0.39 is 0 Å². The van der Waals surface area contributed by atoms with Gasteiger partial charge >= 0.3 is 6.09 Å². The molecule has 0 bridgehead atoms. The van der Waals surface area contributed by atoms with Crippen molar-refractivity contribution in [1.82, 2.24) is 4.90 Å². The summed E-state index contributed by atoms with van der Waals surface area (Å²) >= 11 is 0. The Labute approximate surface area is 107 Å². The molecule has 1 aliphatic heterocycles. The van der Waals surface area contributed by atoms with Crippen LogP contribution in [0.2, 0.25) is 0 Å². The van der Waals surface area contributed by atoms with Gasteiger partial charge in [-0.15, -0.1) is 0 Å². The number of hydrogen-bond acceptors (Lipinski definition) is 3. The van der Waals surface area contributed by atoms with Crippen LogP contribution < -0.4 is 0 Å². The van der Waals surface area contributed by atoms with E-state index in [-0.39, 0.29) is 18.7 Å². The lowest BCUT2D eigenvalue weighted by Crippen LogP contribution is -2.36. The lowest BCUT2D eigenvalue weighted by Gasteiger charge is -2.23. The molecule has 1 amide bonds. The molecule has 0 radical (unpaired) electrons. The molecule has 0 aliphatic carbocycles. The van der Waals surface area contributed by atoms with E-state index in [1.165, 1.54) is 0 Å². The second-order valence-corrected chi connectivity index (χ2v) is 4.54. The maximum Gasteiger partial charge on any atom is 0.410 e. The SMILES string of the molecule is O=C(OCc1ccccc1)N1CCC[C@@H]1CCO. The lowest BCUT2D eigenvalue weighted by molar-refractivity contribution is 0.0875. The number of carbonyl (C=O) groups is 1. The van der Waals surface area contributed by atoms with Crippen molar-refractivity contribution in [2.24, 2.45) is 0 Å². The number of nitrogens with zero attached hydrogens (tertiary/aromatic N) is 1. The van der Waals surface area contributed by atoms with Gasteiger partial charge in [0.2, 0.25) is 0 Å². The average Bonchev–Trinajstić information content (AvgIpc) is 2.86. The van der Waals surface area contributed by atoms with E-state index in [2.05, 4.69) is 0 Å². The summed E-state index contributed by atoms with van der Waals surface area (Å²) in [4.78, 5) is 13.7. The van der Waals surface area contributed by atoms with E-state index in [0.717, 1.165) is 24.9 Å². The van der Waals surface area contributed by atoms with Crippen LogP contribution in [0.4, 0.5) is 4.79 Å². The highest BCUT2D eigenvalue weighted by Gasteiger charge is 2.29. The highest BCUT2D eigenvalue weighted by Crippen LogP contribution is 2.21. The van der Waals surface area contributed by atoms with Crippen LogP contribution in [-0.4, -0.2) is 35.3 Å². The minimum atomic E-state index is -0.269. The van der Waals surface area contributed by atoms with Gasteiger partial charge in [0.15, 0.2) is 0 Å². The molecule has 1 aromatic carbocycles. The highest BCUT2D eigenvalue weighted by atomic mass is 16.6. The van der Waals surface area contributed by atoms with Gasteiger partial charge in [0.25, 0.3) is 0 Å². The van der Waals surface area contributed by atoms with E-state index in [9.17, 15) is 4.79 Å². The predicted molar refractivity (Wildman–Crippen MR) is 68.1 cm³/mol. The molecule has 1 N–H and O–H groups in total. The van der Waals surface area contributed by atoms with Crippen LogP contribution in [0, 0.1) is 0 Å². The maximum absolute atomic E-state index is 11.9. The minimum Gasteiger partial charge on any atom is -0.445 e. The Morgan fingerprint density at radius 3 is 2.89 bits per heavy atom. The molecule has 2 rings (SSSR count). The fourth-order valence-electron chi connectivity index (χ4n) is 2.33. The van der Waals surface area contributed by atoms with Gasteiger partial charge in [0.1, 0.15) is 6.61 Å². The molecular weight excluding hydrogens is 230 g/mol. The zero-order valence-electron chi connectivity index (χ0n) is 10.4. The first kappa shape index (κ1) is 12.9. The zero-order valence-corrected chi connectivity index (χ0v) is 10.4. The number of carbonyl (C=O) groups excluding carboxylic acids is 1. The fourth-order valence-corrected chi connectivity index (χ4v) is 2.33. The molecule has 1 atom stereocenters. The Kier molecular flexibility index (Phi) is 4.59. The van der Waals surface area contributed by atoms with Crippen molar-refractivity contribution >= 4 is 6.09 Å². The summed E-state index contributed by atoms with van der Waals surface area (Å²) < 4.78 is 5.29. The summed E-state index contributed by atoms with van der Waals surface area (Å²) in [6.45, 7) is 1.16. The number of aliphatic hydroxyl groups is 1. The number of hydrogen-bond donors (Lipinski definition) is 1. The van der Waals surface area contributed by atoms with E-state index in [0.29, 0.717) is 13.0 Å². The number of aliphatic hydroxyl groups excluding tert-OH is 1. The highest BCUT2D eigenvalue weighted by molar-refractivity contribution is 5.68. The third-order valence-electron chi connectivity index (χ3n) is 3.28. The van der Waals surface area contributed by atoms with Gasteiger partial charge in [-0.3, -0.25) is 0 Å². The Morgan fingerprint density at radius 1 is 1.39 bits per heavy atom. The Morgan fingerprint density at radius 2 is 2.17 bits per heavy atom. The Balaban J connectivity index is 1.84. The van der Waals surface area contributed by atoms with Crippen LogP contribution in [0.25, 0.3) is 0 Å². The van der Waals surface area contributed by atoms with Gasteiger partial charge in [0.05, 0.1) is 0 Å². The monoisotopic (exact) mass is 249 g/mol. The van der Waals surface area contributed by atoms with Crippen molar-refractivity contribution < 1.29 is 14.6 Å². The second kappa shape index (κ2) is 6.40. The van der Waals surface area contributed by atoms with Crippen molar-refractivity contribution in [2.75, 3.05) is 13.2 Å². The van der Waals surface area contributed by atoms with Crippen molar-refractivity contribution in [1.29, 1.82) is 0 Å². The molecule has 18 heavy (non-hydrogen) atoms. The van der Waals surface area contributed by atoms with Gasteiger partial charge in [0, 0.05) is 19.2 Å². The fraction of sp³-hybridized carbons (Fsp3) is 0.500. The zero-order chi connectivity index (χ0) is 12.8. The van der Waals surface area contributed by atoms with Crippen LogP contribution >= 0.6 is 0 Å².